The van der Waals surface area contributed by atoms with Gasteiger partial charge in [-0.25, -0.2) is 0 Å². The number of carbonyl (C=O) groups is 1. The molecule has 0 fully saturated rings. The molecule has 1 aromatic heterocycles. The highest BCUT2D eigenvalue weighted by Crippen LogP contribution is 2.31. The third kappa shape index (κ3) is 4.22. The van der Waals surface area contributed by atoms with E-state index in [1.165, 1.54) is 11.8 Å². The maximum Gasteiger partial charge on any atom is 0.277 e. The summed E-state index contributed by atoms with van der Waals surface area (Å²) in [6.45, 7) is 5.63. The van der Waals surface area contributed by atoms with E-state index in [1.807, 2.05) is 20.8 Å². The van der Waals surface area contributed by atoms with Crippen LogP contribution in [0.1, 0.15) is 20.8 Å². The van der Waals surface area contributed by atoms with Crippen molar-refractivity contribution in [2.75, 3.05) is 5.75 Å². The van der Waals surface area contributed by atoms with E-state index in [1.54, 1.807) is 18.2 Å². The van der Waals surface area contributed by atoms with Gasteiger partial charge in [0.25, 0.3) is 5.22 Å². The minimum absolute atomic E-state index is 0.122. The third-order valence-electron chi connectivity index (χ3n) is 2.73. The van der Waals surface area contributed by atoms with Crippen LogP contribution in [0.2, 0.25) is 10.0 Å². The summed E-state index contributed by atoms with van der Waals surface area (Å²) in [5, 5.41) is 9.17. The number of rotatable bonds is 4. The van der Waals surface area contributed by atoms with Gasteiger partial charge in [0.05, 0.1) is 16.3 Å². The molecule has 0 N–H and O–H groups in total. The number of halogens is 2. The van der Waals surface area contributed by atoms with Crippen molar-refractivity contribution in [3.05, 3.63) is 28.2 Å². The second-order valence-electron chi connectivity index (χ2n) is 5.46. The molecule has 0 unspecified atom stereocenters. The normalized spacial score (nSPS) is 11.7. The summed E-state index contributed by atoms with van der Waals surface area (Å²) in [5.74, 6) is 0.721. The highest BCUT2D eigenvalue weighted by molar-refractivity contribution is 7.99. The minimum atomic E-state index is -0.380. The van der Waals surface area contributed by atoms with Crippen LogP contribution in [-0.2, 0) is 4.79 Å². The summed E-state index contributed by atoms with van der Waals surface area (Å²) in [7, 11) is 0. The second-order valence-corrected chi connectivity index (χ2v) is 7.23. The predicted molar refractivity (Wildman–Crippen MR) is 84.9 cm³/mol. The Bertz CT molecular complexity index is 665. The van der Waals surface area contributed by atoms with Crippen molar-refractivity contribution in [3.8, 4) is 11.5 Å². The van der Waals surface area contributed by atoms with E-state index in [2.05, 4.69) is 10.2 Å². The van der Waals surface area contributed by atoms with Crippen LogP contribution in [0.25, 0.3) is 11.5 Å². The lowest BCUT2D eigenvalue weighted by atomic mass is 9.92. The number of Topliss-reactive ketones (excluding diaryl/α,β-unsaturated/α-hetero) is 1. The number of benzene rings is 1. The Morgan fingerprint density at radius 3 is 2.62 bits per heavy atom. The van der Waals surface area contributed by atoms with Crippen LogP contribution >= 0.6 is 35.0 Å². The fourth-order valence-corrected chi connectivity index (χ4v) is 2.80. The third-order valence-corrected chi connectivity index (χ3v) is 4.10. The molecule has 21 heavy (non-hydrogen) atoms. The summed E-state index contributed by atoms with van der Waals surface area (Å²) in [6.07, 6.45) is 0. The lowest BCUT2D eigenvalue weighted by Gasteiger charge is -2.14. The molecule has 4 nitrogen and oxygen atoms in total. The summed E-state index contributed by atoms with van der Waals surface area (Å²) >= 11 is 13.2. The van der Waals surface area contributed by atoms with Gasteiger partial charge in [0.2, 0.25) is 5.89 Å². The second kappa shape index (κ2) is 6.38. The number of nitrogens with zero attached hydrogens (tertiary/aromatic N) is 2. The number of aromatic nitrogens is 2. The van der Waals surface area contributed by atoms with Crippen molar-refractivity contribution in [1.82, 2.24) is 10.2 Å². The average molecular weight is 345 g/mol. The Hall–Kier alpha value is -1.04. The zero-order valence-corrected chi connectivity index (χ0v) is 14.1. The van der Waals surface area contributed by atoms with Gasteiger partial charge < -0.3 is 4.42 Å². The van der Waals surface area contributed by atoms with Gasteiger partial charge in [0, 0.05) is 10.4 Å². The van der Waals surface area contributed by atoms with Gasteiger partial charge in [0.1, 0.15) is 5.78 Å². The summed E-state index contributed by atoms with van der Waals surface area (Å²) in [6, 6.07) is 5.02. The van der Waals surface area contributed by atoms with E-state index >= 15 is 0 Å². The number of ketones is 1. The predicted octanol–water partition coefficient (Wildman–Crippen LogP) is 4.75. The molecule has 0 amide bonds. The molecule has 0 saturated heterocycles. The van der Waals surface area contributed by atoms with Crippen LogP contribution in [0.3, 0.4) is 0 Å². The first-order chi connectivity index (χ1) is 9.77. The van der Waals surface area contributed by atoms with E-state index in [0.29, 0.717) is 32.5 Å². The SMILES string of the molecule is CC(C)(C)C(=O)CSc1nnc(-c2ccc(Cl)cc2Cl)o1. The molecule has 0 aliphatic heterocycles. The molecule has 112 valence electrons. The summed E-state index contributed by atoms with van der Waals surface area (Å²) < 4.78 is 5.51. The fourth-order valence-electron chi connectivity index (χ4n) is 1.38. The van der Waals surface area contributed by atoms with Crippen molar-refractivity contribution in [3.63, 3.8) is 0 Å². The highest BCUT2D eigenvalue weighted by Gasteiger charge is 2.22. The Balaban J connectivity index is 2.10. The number of carbonyl (C=O) groups excluding carboxylic acids is 1. The molecule has 0 saturated carbocycles. The van der Waals surface area contributed by atoms with Gasteiger partial charge in [-0.3, -0.25) is 4.79 Å². The van der Waals surface area contributed by atoms with Crippen LogP contribution in [0.5, 0.6) is 0 Å². The standard InChI is InChI=1S/C14H14Cl2N2O2S/c1-14(2,3)11(19)7-21-13-18-17-12(20-13)9-5-4-8(15)6-10(9)16/h4-6H,7H2,1-3H3. The van der Waals surface area contributed by atoms with Crippen LogP contribution in [0, 0.1) is 5.41 Å². The Morgan fingerprint density at radius 1 is 1.29 bits per heavy atom. The van der Waals surface area contributed by atoms with Gasteiger partial charge in [-0.1, -0.05) is 55.7 Å². The molecule has 0 aliphatic carbocycles. The largest absolute Gasteiger partial charge is 0.411 e. The average Bonchev–Trinajstić information content (AvgIpc) is 2.83. The first-order valence-electron chi connectivity index (χ1n) is 6.22. The van der Waals surface area contributed by atoms with Gasteiger partial charge in [0.15, 0.2) is 0 Å². The van der Waals surface area contributed by atoms with E-state index in [4.69, 9.17) is 27.6 Å². The summed E-state index contributed by atoms with van der Waals surface area (Å²) in [5.41, 5.74) is 0.234. The zero-order chi connectivity index (χ0) is 15.6. The van der Waals surface area contributed by atoms with Gasteiger partial charge in [-0.05, 0) is 18.2 Å². The van der Waals surface area contributed by atoms with Crippen LogP contribution < -0.4 is 0 Å². The maximum absolute atomic E-state index is 11.9. The van der Waals surface area contributed by atoms with Gasteiger partial charge in [-0.2, -0.15) is 0 Å². The van der Waals surface area contributed by atoms with E-state index < -0.39 is 0 Å². The van der Waals surface area contributed by atoms with Crippen LogP contribution in [-0.4, -0.2) is 21.7 Å². The molecule has 1 aromatic carbocycles. The van der Waals surface area contributed by atoms with Gasteiger partial charge >= 0.3 is 0 Å². The molecule has 1 heterocycles. The molecule has 2 aromatic rings. The smallest absolute Gasteiger partial charge is 0.277 e. The Morgan fingerprint density at radius 2 is 2.00 bits per heavy atom. The molecule has 0 radical (unpaired) electrons. The first kappa shape index (κ1) is 16.3. The molecule has 0 spiro atoms. The van der Waals surface area contributed by atoms with E-state index in [0.717, 1.165) is 0 Å². The van der Waals surface area contributed by atoms with Crippen molar-refractivity contribution in [1.29, 1.82) is 0 Å². The minimum Gasteiger partial charge on any atom is -0.411 e. The molecule has 0 bridgehead atoms. The highest BCUT2D eigenvalue weighted by atomic mass is 35.5. The molecule has 2 rings (SSSR count). The fraction of sp³-hybridized carbons (Fsp3) is 0.357. The van der Waals surface area contributed by atoms with Crippen molar-refractivity contribution < 1.29 is 9.21 Å². The van der Waals surface area contributed by atoms with Crippen LogP contribution in [0.4, 0.5) is 0 Å². The Labute approximate surface area is 137 Å². The maximum atomic E-state index is 11.9. The van der Waals surface area contributed by atoms with Crippen LogP contribution in [0.15, 0.2) is 27.8 Å². The van der Waals surface area contributed by atoms with Gasteiger partial charge in [-0.15, -0.1) is 10.2 Å². The van der Waals surface area contributed by atoms with Crippen molar-refractivity contribution in [2.24, 2.45) is 5.41 Å². The molecule has 0 atom stereocenters. The zero-order valence-electron chi connectivity index (χ0n) is 11.8. The van der Waals surface area contributed by atoms with E-state index in [9.17, 15) is 4.79 Å². The molecular formula is C14H14Cl2N2O2S. The Kier molecular flexibility index (Phi) is 4.96. The number of thioether (sulfide) groups is 1. The lowest BCUT2D eigenvalue weighted by Crippen LogP contribution is -2.21. The van der Waals surface area contributed by atoms with E-state index in [-0.39, 0.29) is 11.2 Å². The number of hydrogen-bond acceptors (Lipinski definition) is 5. The lowest BCUT2D eigenvalue weighted by molar-refractivity contribution is -0.123. The first-order valence-corrected chi connectivity index (χ1v) is 7.96. The van der Waals surface area contributed by atoms with Crippen molar-refractivity contribution >= 4 is 40.7 Å². The molecular weight excluding hydrogens is 331 g/mol. The molecule has 0 aliphatic rings. The monoisotopic (exact) mass is 344 g/mol. The number of hydrogen-bond donors (Lipinski definition) is 0. The van der Waals surface area contributed by atoms with Crippen molar-refractivity contribution in [2.45, 2.75) is 26.0 Å². The summed E-state index contributed by atoms with van der Waals surface area (Å²) in [4.78, 5) is 11.9. The molecule has 7 heteroatoms. The quantitative estimate of drug-likeness (QED) is 0.749. The topological polar surface area (TPSA) is 56.0 Å².